The van der Waals surface area contributed by atoms with Crippen LogP contribution < -0.4 is 9.64 Å². The molecule has 0 saturated heterocycles. The summed E-state index contributed by atoms with van der Waals surface area (Å²) in [5.41, 5.74) is 4.00. The van der Waals surface area contributed by atoms with Gasteiger partial charge in [-0.15, -0.1) is 0 Å². The fourth-order valence-corrected chi connectivity index (χ4v) is 3.30. The van der Waals surface area contributed by atoms with Crippen molar-refractivity contribution in [2.24, 2.45) is 0 Å². The molecule has 1 aliphatic heterocycles. The Kier molecular flexibility index (Phi) is 3.87. The number of benzene rings is 2. The number of aryl methyl sites for hydroxylation is 1. The van der Waals surface area contributed by atoms with E-state index in [9.17, 15) is 0 Å². The van der Waals surface area contributed by atoms with Gasteiger partial charge >= 0.3 is 0 Å². The van der Waals surface area contributed by atoms with Crippen LogP contribution in [0, 0.1) is 0 Å². The Labute approximate surface area is 127 Å². The van der Waals surface area contributed by atoms with E-state index in [0.717, 1.165) is 18.6 Å². The number of ether oxygens (including phenoxy) is 1. The number of hydrogen-bond donors (Lipinski definition) is 0. The highest BCUT2D eigenvalue weighted by Gasteiger charge is 2.30. The molecule has 2 unspecified atom stereocenters. The van der Waals surface area contributed by atoms with Crippen LogP contribution >= 0.6 is 0 Å². The third kappa shape index (κ3) is 2.63. The lowest BCUT2D eigenvalue weighted by Gasteiger charge is -2.32. The first kappa shape index (κ1) is 14.0. The highest BCUT2D eigenvalue weighted by Crippen LogP contribution is 2.34. The molecule has 0 aliphatic carbocycles. The lowest BCUT2D eigenvalue weighted by atomic mass is 10.1. The Balaban J connectivity index is 1.84. The number of fused-ring (bicyclic) bond motifs is 1. The van der Waals surface area contributed by atoms with Crippen LogP contribution in [0.15, 0.2) is 48.5 Å². The van der Waals surface area contributed by atoms with E-state index in [-0.39, 0.29) is 6.23 Å². The predicted octanol–water partition coefficient (Wildman–Crippen LogP) is 4.43. The summed E-state index contributed by atoms with van der Waals surface area (Å²) >= 11 is 0. The Hall–Kier alpha value is -1.96. The van der Waals surface area contributed by atoms with Crippen molar-refractivity contribution in [2.45, 2.75) is 45.9 Å². The second kappa shape index (κ2) is 5.80. The average molecular weight is 281 g/mol. The highest BCUT2D eigenvalue weighted by molar-refractivity contribution is 5.59. The normalized spacial score (nSPS) is 18.4. The molecule has 1 aliphatic rings. The summed E-state index contributed by atoms with van der Waals surface area (Å²) in [5, 5.41) is 0. The smallest absolute Gasteiger partial charge is 0.169 e. The van der Waals surface area contributed by atoms with Crippen molar-refractivity contribution in [2.75, 3.05) is 4.90 Å². The standard InChI is InChI=1S/C19H23NO/c1-4-16-9-6-8-12-19(16)21-15(3)20-14(2)13-17-10-5-7-11-18(17)20/h5-12,14-15H,4,13H2,1-3H3. The molecule has 2 atom stereocenters. The molecule has 0 amide bonds. The van der Waals surface area contributed by atoms with E-state index in [4.69, 9.17) is 4.74 Å². The van der Waals surface area contributed by atoms with Gasteiger partial charge in [-0.1, -0.05) is 43.3 Å². The van der Waals surface area contributed by atoms with E-state index >= 15 is 0 Å². The first-order valence-electron chi connectivity index (χ1n) is 7.81. The van der Waals surface area contributed by atoms with Crippen LogP contribution in [0.5, 0.6) is 5.75 Å². The molecule has 2 nitrogen and oxygen atoms in total. The minimum atomic E-state index is 0.0383. The van der Waals surface area contributed by atoms with Crippen molar-refractivity contribution in [3.8, 4) is 5.75 Å². The van der Waals surface area contributed by atoms with Gasteiger partial charge in [0.15, 0.2) is 6.23 Å². The summed E-state index contributed by atoms with van der Waals surface area (Å²) in [4.78, 5) is 2.39. The quantitative estimate of drug-likeness (QED) is 0.822. The average Bonchev–Trinajstić information content (AvgIpc) is 2.83. The van der Waals surface area contributed by atoms with Gasteiger partial charge in [0.25, 0.3) is 0 Å². The lowest BCUT2D eigenvalue weighted by molar-refractivity contribution is 0.206. The van der Waals surface area contributed by atoms with Gasteiger partial charge in [0.05, 0.1) is 0 Å². The zero-order chi connectivity index (χ0) is 14.8. The van der Waals surface area contributed by atoms with Gasteiger partial charge in [0.2, 0.25) is 0 Å². The molecule has 3 rings (SSSR count). The van der Waals surface area contributed by atoms with Crippen LogP contribution in [0.4, 0.5) is 5.69 Å². The van der Waals surface area contributed by atoms with Crippen molar-refractivity contribution in [3.05, 3.63) is 59.7 Å². The maximum absolute atomic E-state index is 6.27. The van der Waals surface area contributed by atoms with Crippen LogP contribution in [-0.4, -0.2) is 12.3 Å². The van der Waals surface area contributed by atoms with Gasteiger partial charge in [0.1, 0.15) is 5.75 Å². The third-order valence-corrected chi connectivity index (χ3v) is 4.30. The molecule has 0 N–H and O–H groups in total. The summed E-state index contributed by atoms with van der Waals surface area (Å²) in [6.45, 7) is 6.58. The van der Waals surface area contributed by atoms with E-state index in [2.05, 4.69) is 68.1 Å². The first-order chi connectivity index (χ1) is 10.2. The molecule has 0 radical (unpaired) electrons. The van der Waals surface area contributed by atoms with Gasteiger partial charge in [-0.2, -0.15) is 0 Å². The molecule has 2 heteroatoms. The molecule has 1 heterocycles. The first-order valence-corrected chi connectivity index (χ1v) is 7.81. The van der Waals surface area contributed by atoms with Gasteiger partial charge in [-0.05, 0) is 49.9 Å². The second-order valence-electron chi connectivity index (χ2n) is 5.77. The lowest BCUT2D eigenvalue weighted by Crippen LogP contribution is -2.41. The zero-order valence-electron chi connectivity index (χ0n) is 13.0. The van der Waals surface area contributed by atoms with Gasteiger partial charge < -0.3 is 9.64 Å². The van der Waals surface area contributed by atoms with Crippen LogP contribution in [0.1, 0.15) is 31.9 Å². The monoisotopic (exact) mass is 281 g/mol. The third-order valence-electron chi connectivity index (χ3n) is 4.30. The maximum Gasteiger partial charge on any atom is 0.169 e. The second-order valence-corrected chi connectivity index (χ2v) is 5.77. The summed E-state index contributed by atoms with van der Waals surface area (Å²) in [5.74, 6) is 1.00. The molecule has 21 heavy (non-hydrogen) atoms. The number of nitrogens with zero attached hydrogens (tertiary/aromatic N) is 1. The molecule has 2 aromatic rings. The van der Waals surface area contributed by atoms with Crippen molar-refractivity contribution in [1.82, 2.24) is 0 Å². The number of para-hydroxylation sites is 2. The topological polar surface area (TPSA) is 12.5 Å². The molecule has 0 spiro atoms. The number of rotatable bonds is 4. The molecule has 2 aromatic carbocycles. The van der Waals surface area contributed by atoms with Crippen LogP contribution in [-0.2, 0) is 12.8 Å². The number of hydrogen-bond acceptors (Lipinski definition) is 2. The Bertz CT molecular complexity index is 622. The molecular formula is C19H23NO. The van der Waals surface area contributed by atoms with E-state index in [1.165, 1.54) is 16.8 Å². The molecule has 0 aromatic heterocycles. The SMILES string of the molecule is CCc1ccccc1OC(C)N1c2ccccc2CC1C. The van der Waals surface area contributed by atoms with E-state index < -0.39 is 0 Å². The van der Waals surface area contributed by atoms with E-state index in [1.54, 1.807) is 0 Å². The van der Waals surface area contributed by atoms with Gasteiger partial charge in [-0.25, -0.2) is 0 Å². The predicted molar refractivity (Wildman–Crippen MR) is 88.0 cm³/mol. The maximum atomic E-state index is 6.27. The van der Waals surface area contributed by atoms with E-state index in [1.807, 2.05) is 6.07 Å². The molecule has 0 fully saturated rings. The summed E-state index contributed by atoms with van der Waals surface area (Å²) in [7, 11) is 0. The van der Waals surface area contributed by atoms with Crippen molar-refractivity contribution in [1.29, 1.82) is 0 Å². The minimum Gasteiger partial charge on any atom is -0.471 e. The highest BCUT2D eigenvalue weighted by atomic mass is 16.5. The van der Waals surface area contributed by atoms with Gasteiger partial charge in [0, 0.05) is 11.7 Å². The molecule has 110 valence electrons. The number of anilines is 1. The summed E-state index contributed by atoms with van der Waals surface area (Å²) < 4.78 is 6.27. The largest absolute Gasteiger partial charge is 0.471 e. The molecule has 0 bridgehead atoms. The van der Waals surface area contributed by atoms with Gasteiger partial charge in [-0.3, -0.25) is 0 Å². The van der Waals surface area contributed by atoms with Crippen molar-refractivity contribution < 1.29 is 4.74 Å². The van der Waals surface area contributed by atoms with Crippen molar-refractivity contribution in [3.63, 3.8) is 0 Å². The fraction of sp³-hybridized carbons (Fsp3) is 0.368. The Morgan fingerprint density at radius 3 is 2.67 bits per heavy atom. The van der Waals surface area contributed by atoms with Crippen molar-refractivity contribution >= 4 is 5.69 Å². The Morgan fingerprint density at radius 1 is 1.14 bits per heavy atom. The van der Waals surface area contributed by atoms with Crippen LogP contribution in [0.3, 0.4) is 0 Å². The molecular weight excluding hydrogens is 258 g/mol. The summed E-state index contributed by atoms with van der Waals surface area (Å²) in [6, 6.07) is 17.5. The minimum absolute atomic E-state index is 0.0383. The van der Waals surface area contributed by atoms with Crippen LogP contribution in [0.25, 0.3) is 0 Å². The van der Waals surface area contributed by atoms with E-state index in [0.29, 0.717) is 6.04 Å². The fourth-order valence-electron chi connectivity index (χ4n) is 3.30. The molecule has 0 saturated carbocycles. The zero-order valence-corrected chi connectivity index (χ0v) is 13.0. The van der Waals surface area contributed by atoms with Crippen LogP contribution in [0.2, 0.25) is 0 Å². The Morgan fingerprint density at radius 2 is 1.86 bits per heavy atom. The summed E-state index contributed by atoms with van der Waals surface area (Å²) in [6.07, 6.45) is 2.13.